The molecule has 2 N–H and O–H groups in total. The Hall–Kier alpha value is -1.63. The van der Waals surface area contributed by atoms with Gasteiger partial charge in [0.1, 0.15) is 12.6 Å². The van der Waals surface area contributed by atoms with E-state index in [1.54, 1.807) is 11.8 Å². The van der Waals surface area contributed by atoms with Gasteiger partial charge in [-0.05, 0) is 57.3 Å². The highest BCUT2D eigenvalue weighted by molar-refractivity contribution is 5.87. The molecule has 1 heterocycles. The summed E-state index contributed by atoms with van der Waals surface area (Å²) in [6.07, 6.45) is 13.5. The van der Waals surface area contributed by atoms with Crippen LogP contribution < -0.4 is 5.32 Å². The fourth-order valence-electron chi connectivity index (χ4n) is 5.93. The van der Waals surface area contributed by atoms with Crippen molar-refractivity contribution in [3.05, 3.63) is 0 Å². The van der Waals surface area contributed by atoms with Gasteiger partial charge in [0.15, 0.2) is 0 Å². The van der Waals surface area contributed by atoms with Crippen LogP contribution in [0.1, 0.15) is 90.4 Å². The summed E-state index contributed by atoms with van der Waals surface area (Å²) in [5.74, 6) is -0.435. The number of rotatable bonds is 9. The summed E-state index contributed by atoms with van der Waals surface area (Å²) in [5.41, 5.74) is 0. The number of esters is 1. The van der Waals surface area contributed by atoms with Gasteiger partial charge in [-0.3, -0.25) is 19.7 Å². The number of carbonyl (C=O) groups excluding carboxylic acids is 2. The van der Waals surface area contributed by atoms with Crippen LogP contribution in [0.25, 0.3) is 0 Å². The summed E-state index contributed by atoms with van der Waals surface area (Å²) in [7, 11) is 0. The normalized spacial score (nSPS) is 28.5. The van der Waals surface area contributed by atoms with E-state index < -0.39 is 18.1 Å². The fraction of sp³-hybridized carbons (Fsp3) is 0.875. The molecular formula is C24H40N2O5. The Morgan fingerprint density at radius 1 is 1.06 bits per heavy atom. The Morgan fingerprint density at radius 3 is 2.48 bits per heavy atom. The summed E-state index contributed by atoms with van der Waals surface area (Å²) in [6, 6.07) is -1.03. The Bertz CT molecular complexity index is 619. The average Bonchev–Trinajstić information content (AvgIpc) is 2.89. The zero-order valence-electron chi connectivity index (χ0n) is 19.0. The lowest BCUT2D eigenvalue weighted by Gasteiger charge is -2.38. The summed E-state index contributed by atoms with van der Waals surface area (Å²) >= 11 is 0. The summed E-state index contributed by atoms with van der Waals surface area (Å²) in [6.45, 7) is 1.85. The lowest BCUT2D eigenvalue weighted by molar-refractivity contribution is -0.150. The molecule has 1 aliphatic heterocycles. The first-order valence-electron chi connectivity index (χ1n) is 12.4. The number of nitrogens with one attached hydrogen (secondary N) is 1. The molecule has 3 aliphatic rings. The van der Waals surface area contributed by atoms with Gasteiger partial charge >= 0.3 is 11.9 Å². The first-order chi connectivity index (χ1) is 15.0. The first-order valence-corrected chi connectivity index (χ1v) is 12.4. The number of ether oxygens (including phenoxy) is 1. The Labute approximate surface area is 186 Å². The lowest BCUT2D eigenvalue weighted by atomic mass is 9.81. The number of carboxylic acid groups (broad SMARTS) is 1. The highest BCUT2D eigenvalue weighted by Crippen LogP contribution is 2.35. The smallest absolute Gasteiger partial charge is 0.323 e. The molecule has 2 aliphatic carbocycles. The van der Waals surface area contributed by atoms with Gasteiger partial charge in [-0.15, -0.1) is 0 Å². The predicted octanol–water partition coefficient (Wildman–Crippen LogP) is 3.50. The molecule has 0 aromatic rings. The van der Waals surface area contributed by atoms with Crippen molar-refractivity contribution in [1.82, 2.24) is 10.2 Å². The van der Waals surface area contributed by atoms with Crippen molar-refractivity contribution in [3.8, 4) is 0 Å². The summed E-state index contributed by atoms with van der Waals surface area (Å²) in [4.78, 5) is 39.2. The van der Waals surface area contributed by atoms with E-state index in [0.29, 0.717) is 31.3 Å². The van der Waals surface area contributed by atoms with Gasteiger partial charge in [0.2, 0.25) is 5.91 Å². The molecule has 176 valence electrons. The minimum atomic E-state index is -0.974. The van der Waals surface area contributed by atoms with Crippen molar-refractivity contribution in [2.45, 2.75) is 109 Å². The highest BCUT2D eigenvalue weighted by Gasteiger charge is 2.41. The summed E-state index contributed by atoms with van der Waals surface area (Å²) in [5, 5.41) is 12.8. The van der Waals surface area contributed by atoms with Gasteiger partial charge in [0.25, 0.3) is 0 Å². The largest absolute Gasteiger partial charge is 0.480 e. The van der Waals surface area contributed by atoms with Crippen molar-refractivity contribution in [2.75, 3.05) is 13.2 Å². The van der Waals surface area contributed by atoms with Gasteiger partial charge in [-0.1, -0.05) is 44.9 Å². The van der Waals surface area contributed by atoms with Crippen LogP contribution in [-0.2, 0) is 19.1 Å². The predicted molar refractivity (Wildman–Crippen MR) is 117 cm³/mol. The molecule has 2 saturated carbocycles. The van der Waals surface area contributed by atoms with E-state index in [-0.39, 0.29) is 24.5 Å². The van der Waals surface area contributed by atoms with Gasteiger partial charge in [0.05, 0.1) is 12.6 Å². The number of carbonyl (C=O) groups is 3. The van der Waals surface area contributed by atoms with Crippen molar-refractivity contribution in [1.29, 1.82) is 0 Å². The van der Waals surface area contributed by atoms with Crippen LogP contribution >= 0.6 is 0 Å². The van der Waals surface area contributed by atoms with Crippen LogP contribution in [0.2, 0.25) is 0 Å². The molecule has 0 aromatic heterocycles. The molecule has 7 nitrogen and oxygen atoms in total. The molecule has 3 fully saturated rings. The molecule has 4 atom stereocenters. The van der Waals surface area contributed by atoms with Crippen molar-refractivity contribution in [3.63, 3.8) is 0 Å². The monoisotopic (exact) mass is 436 g/mol. The van der Waals surface area contributed by atoms with Crippen LogP contribution in [0.5, 0.6) is 0 Å². The fourth-order valence-corrected chi connectivity index (χ4v) is 5.93. The van der Waals surface area contributed by atoms with Crippen LogP contribution in [-0.4, -0.2) is 59.1 Å². The molecule has 31 heavy (non-hydrogen) atoms. The molecule has 1 amide bonds. The topological polar surface area (TPSA) is 95.9 Å². The zero-order chi connectivity index (χ0) is 22.2. The first kappa shape index (κ1) is 24.0. The van der Waals surface area contributed by atoms with Gasteiger partial charge in [-0.2, -0.15) is 0 Å². The van der Waals surface area contributed by atoms with Crippen molar-refractivity contribution < 1.29 is 24.2 Å². The molecule has 0 spiro atoms. The number of likely N-dealkylation sites (tertiary alicyclic amines) is 1. The van der Waals surface area contributed by atoms with Gasteiger partial charge < -0.3 is 14.7 Å². The maximum absolute atomic E-state index is 13.4. The maximum atomic E-state index is 13.4. The molecular weight excluding hydrogens is 396 g/mol. The number of nitrogens with zero attached hydrogens (tertiary/aromatic N) is 1. The second-order valence-corrected chi connectivity index (χ2v) is 9.65. The van der Waals surface area contributed by atoms with Crippen LogP contribution in [0.4, 0.5) is 0 Å². The standard InChI is InChI=1S/C24H40N2O5/c1-2-31-24(30)20(14-12-17-8-4-3-5-9-17)25-19-15-13-18-10-6-7-11-21(18)26(23(19)29)16-22(27)28/h17-21,25H,2-16H2,1H3,(H,27,28). The minimum Gasteiger partial charge on any atom is -0.480 e. The van der Waals surface area contributed by atoms with E-state index in [4.69, 9.17) is 4.74 Å². The number of fused-ring (bicyclic) bond motifs is 1. The third kappa shape index (κ3) is 6.67. The van der Waals surface area contributed by atoms with E-state index in [1.165, 1.54) is 32.1 Å². The van der Waals surface area contributed by atoms with E-state index in [9.17, 15) is 19.5 Å². The Kier molecular flexibility index (Phi) is 9.17. The number of carboxylic acids is 1. The van der Waals surface area contributed by atoms with Crippen LogP contribution in [0.3, 0.4) is 0 Å². The molecule has 0 aromatic carbocycles. The molecule has 7 heteroatoms. The van der Waals surface area contributed by atoms with E-state index >= 15 is 0 Å². The summed E-state index contributed by atoms with van der Waals surface area (Å²) < 4.78 is 5.32. The number of hydrogen-bond acceptors (Lipinski definition) is 5. The second kappa shape index (κ2) is 11.8. The maximum Gasteiger partial charge on any atom is 0.323 e. The lowest BCUT2D eigenvalue weighted by Crippen LogP contribution is -2.55. The van der Waals surface area contributed by atoms with E-state index in [2.05, 4.69) is 5.32 Å². The second-order valence-electron chi connectivity index (χ2n) is 9.65. The van der Waals surface area contributed by atoms with Crippen molar-refractivity contribution >= 4 is 17.8 Å². The van der Waals surface area contributed by atoms with E-state index in [0.717, 1.165) is 38.5 Å². The minimum absolute atomic E-state index is 0.00688. The molecule has 1 saturated heterocycles. The number of hydrogen-bond donors (Lipinski definition) is 2. The molecule has 4 unspecified atom stereocenters. The molecule has 3 rings (SSSR count). The highest BCUT2D eigenvalue weighted by atomic mass is 16.5. The van der Waals surface area contributed by atoms with Gasteiger partial charge in [0, 0.05) is 6.04 Å². The Balaban J connectivity index is 1.70. The van der Waals surface area contributed by atoms with E-state index in [1.807, 2.05) is 0 Å². The average molecular weight is 437 g/mol. The quantitative estimate of drug-likeness (QED) is 0.537. The third-order valence-corrected chi connectivity index (χ3v) is 7.54. The zero-order valence-corrected chi connectivity index (χ0v) is 19.0. The third-order valence-electron chi connectivity index (χ3n) is 7.54. The number of aliphatic carboxylic acids is 1. The Morgan fingerprint density at radius 2 is 1.77 bits per heavy atom. The van der Waals surface area contributed by atoms with Crippen molar-refractivity contribution in [2.24, 2.45) is 11.8 Å². The van der Waals surface area contributed by atoms with Gasteiger partial charge in [-0.25, -0.2) is 0 Å². The van der Waals surface area contributed by atoms with Crippen LogP contribution in [0.15, 0.2) is 0 Å². The number of amides is 1. The molecule has 0 radical (unpaired) electrons. The molecule has 0 bridgehead atoms. The van der Waals surface area contributed by atoms with Crippen LogP contribution in [0, 0.1) is 11.8 Å². The SMILES string of the molecule is CCOC(=O)C(CCC1CCCCC1)NC1CCC2CCCCC2N(CC(=O)O)C1=O.